The van der Waals surface area contributed by atoms with Crippen LogP contribution in [-0.4, -0.2) is 57.3 Å². The zero-order valence-electron chi connectivity index (χ0n) is 20.5. The van der Waals surface area contributed by atoms with E-state index < -0.39 is 17.7 Å². The molecule has 0 aliphatic heterocycles. The number of allylic oxidation sites excluding steroid dienone is 4. The van der Waals surface area contributed by atoms with Gasteiger partial charge in [0.05, 0.1) is 0 Å². The molecular formula is C21H43N4O2Si2Zr-. The van der Waals surface area contributed by atoms with E-state index >= 15 is 0 Å². The standard InChI is InChI=1S/C8H16N2O2Si2.C5H5.2C4H11N.Zr/c1-7(9-13(5)11)10(14(6)12)8(2,3)4;1-2-4-5-3-1;2*1-3-5-4-2;/h9H,2-6H3;1-3H,4H2;2*5H,3-4H2,1-2H3;/q;-1;;;. The van der Waals surface area contributed by atoms with Crippen LogP contribution in [0.3, 0.4) is 0 Å². The van der Waals surface area contributed by atoms with Crippen molar-refractivity contribution in [1.29, 1.82) is 0 Å². The van der Waals surface area contributed by atoms with Crippen LogP contribution in [-0.2, 0) is 33.2 Å². The summed E-state index contributed by atoms with van der Waals surface area (Å²) in [6.45, 7) is 22.0. The van der Waals surface area contributed by atoms with Crippen molar-refractivity contribution in [3.8, 4) is 0 Å². The van der Waals surface area contributed by atoms with Crippen LogP contribution < -0.4 is 15.6 Å². The average molecular weight is 531 g/mol. The maximum absolute atomic E-state index is 11.7. The first-order chi connectivity index (χ1) is 14.0. The Morgan fingerprint density at radius 3 is 1.67 bits per heavy atom. The van der Waals surface area contributed by atoms with Gasteiger partial charge in [0.1, 0.15) is 0 Å². The number of rotatable bonds is 8. The Labute approximate surface area is 203 Å². The van der Waals surface area contributed by atoms with Gasteiger partial charge in [0.15, 0.2) is 0 Å². The monoisotopic (exact) mass is 529 g/mol. The van der Waals surface area contributed by atoms with Crippen molar-refractivity contribution < 1.29 is 33.2 Å². The molecule has 0 spiro atoms. The molecule has 0 saturated heterocycles. The van der Waals surface area contributed by atoms with Crippen molar-refractivity contribution in [2.24, 2.45) is 0 Å². The van der Waals surface area contributed by atoms with Gasteiger partial charge in [-0.25, -0.2) is 12.2 Å². The van der Waals surface area contributed by atoms with Crippen LogP contribution in [0, 0.1) is 6.08 Å². The summed E-state index contributed by atoms with van der Waals surface area (Å²) in [5, 5.41) is 6.22. The molecule has 3 N–H and O–H groups in total. The van der Waals surface area contributed by atoms with Crippen molar-refractivity contribution in [1.82, 2.24) is 20.2 Å². The molecule has 0 fully saturated rings. The number of hydrogen-bond donors (Lipinski definition) is 3. The maximum Gasteiger partial charge on any atom is -0.109 e. The number of hydrogen-bond acceptors (Lipinski definition) is 4. The van der Waals surface area contributed by atoms with E-state index in [1.165, 1.54) is 0 Å². The van der Waals surface area contributed by atoms with Gasteiger partial charge in [-0.2, -0.15) is 6.08 Å². The van der Waals surface area contributed by atoms with Crippen molar-refractivity contribution in [3.63, 3.8) is 0 Å². The van der Waals surface area contributed by atoms with E-state index in [0.29, 0.717) is 5.82 Å². The van der Waals surface area contributed by atoms with Crippen LogP contribution in [0.4, 0.5) is 0 Å². The minimum Gasteiger partial charge on any atom is -0.273 e. The van der Waals surface area contributed by atoms with Gasteiger partial charge in [-0.15, -0.1) is 6.42 Å². The van der Waals surface area contributed by atoms with Crippen molar-refractivity contribution >= 4 is 21.1 Å². The van der Waals surface area contributed by atoms with Gasteiger partial charge in [0.2, 0.25) is 0 Å². The van der Waals surface area contributed by atoms with Gasteiger partial charge in [0, 0.05) is 0 Å². The fraction of sp³-hybridized carbons (Fsp3) is 0.714. The topological polar surface area (TPSA) is 73.5 Å². The first-order valence-electron chi connectivity index (χ1n) is 10.5. The van der Waals surface area contributed by atoms with Crippen molar-refractivity contribution in [2.45, 2.75) is 73.5 Å². The predicted molar refractivity (Wildman–Crippen MR) is 128 cm³/mol. The van der Waals surface area contributed by atoms with E-state index in [2.05, 4.69) is 58.8 Å². The summed E-state index contributed by atoms with van der Waals surface area (Å²) in [6.07, 6.45) is 10.0. The quantitative estimate of drug-likeness (QED) is 0.331. The molecule has 1 rings (SSSR count). The Kier molecular flexibility index (Phi) is 26.5. The molecule has 0 aromatic rings. The van der Waals surface area contributed by atoms with Crippen LogP contribution in [0.2, 0.25) is 13.1 Å². The molecule has 0 saturated carbocycles. The minimum absolute atomic E-state index is 0.256. The summed E-state index contributed by atoms with van der Waals surface area (Å²) in [4.78, 5) is 2.84. The SMILES string of the molecule is CCNCC.CCNCC.C[Si](=O)NC(=[C]=[Zr])N([Si](C)=O)C(C)(C)C.[C-]1=CC=CC1. The summed E-state index contributed by atoms with van der Waals surface area (Å²) in [5.41, 5.74) is -0.256. The summed E-state index contributed by atoms with van der Waals surface area (Å²) in [5.74, 6) is 0.610. The largest absolute Gasteiger partial charge is 0.273 e. The molecule has 30 heavy (non-hydrogen) atoms. The summed E-state index contributed by atoms with van der Waals surface area (Å²) >= 11 is 1.07. The van der Waals surface area contributed by atoms with Crippen molar-refractivity contribution in [3.05, 3.63) is 30.1 Å². The Morgan fingerprint density at radius 1 is 1.07 bits per heavy atom. The maximum atomic E-state index is 11.7. The Hall–Kier alpha value is -0.433. The summed E-state index contributed by atoms with van der Waals surface area (Å²) in [7, 11) is -3.71. The molecule has 0 aromatic carbocycles. The van der Waals surface area contributed by atoms with Crippen LogP contribution in [0.25, 0.3) is 0 Å². The number of nitrogens with zero attached hydrogens (tertiary/aromatic N) is 1. The van der Waals surface area contributed by atoms with Crippen LogP contribution in [0.5, 0.6) is 0 Å². The predicted octanol–water partition coefficient (Wildman–Crippen LogP) is 3.10. The van der Waals surface area contributed by atoms with Gasteiger partial charge in [-0.05, 0) is 26.2 Å². The molecule has 0 atom stereocenters. The molecule has 0 amide bonds. The van der Waals surface area contributed by atoms with Crippen LogP contribution >= 0.6 is 0 Å². The van der Waals surface area contributed by atoms with Gasteiger partial charge in [-0.1, -0.05) is 27.7 Å². The summed E-state index contributed by atoms with van der Waals surface area (Å²) < 4.78 is 27.6. The first-order valence-corrected chi connectivity index (χ1v) is 15.5. The van der Waals surface area contributed by atoms with E-state index in [0.717, 1.165) is 56.8 Å². The third-order valence-electron chi connectivity index (χ3n) is 3.21. The van der Waals surface area contributed by atoms with Gasteiger partial charge >= 0.3 is 109 Å². The van der Waals surface area contributed by atoms with Crippen LogP contribution in [0.15, 0.2) is 24.0 Å². The molecule has 0 radical (unpaired) electrons. The fourth-order valence-electron chi connectivity index (χ4n) is 2.12. The molecular weight excluding hydrogens is 488 g/mol. The van der Waals surface area contributed by atoms with E-state index in [4.69, 9.17) is 0 Å². The smallest absolute Gasteiger partial charge is 0.109 e. The van der Waals surface area contributed by atoms with E-state index in [1.54, 1.807) is 17.7 Å². The summed E-state index contributed by atoms with van der Waals surface area (Å²) in [6, 6.07) is 0. The van der Waals surface area contributed by atoms with E-state index in [9.17, 15) is 8.92 Å². The molecule has 1 aliphatic rings. The van der Waals surface area contributed by atoms with E-state index in [1.807, 2.05) is 32.9 Å². The second kappa shape index (κ2) is 23.2. The average Bonchev–Trinajstić information content (AvgIpc) is 3.21. The molecule has 9 heteroatoms. The minimum atomic E-state index is -1.87. The second-order valence-corrected chi connectivity index (χ2v) is 10.6. The molecule has 0 aromatic heterocycles. The molecule has 0 unspecified atom stereocenters. The Morgan fingerprint density at radius 2 is 1.53 bits per heavy atom. The first kappa shape index (κ1) is 34.2. The Bertz CT molecular complexity index is 550. The second-order valence-electron chi connectivity index (χ2n) is 7.10. The normalized spacial score (nSPS) is 10.8. The Balaban J connectivity index is -0.000000392. The molecule has 0 heterocycles. The molecule has 0 bridgehead atoms. The molecule has 1 aliphatic carbocycles. The van der Waals surface area contributed by atoms with Crippen LogP contribution in [0.1, 0.15) is 54.9 Å². The third kappa shape index (κ3) is 23.8. The molecule has 172 valence electrons. The zero-order valence-corrected chi connectivity index (χ0v) is 25.0. The van der Waals surface area contributed by atoms with E-state index in [-0.39, 0.29) is 5.54 Å². The fourth-order valence-corrected chi connectivity index (χ4v) is 5.12. The number of nitrogens with one attached hydrogen (secondary N) is 3. The third-order valence-corrected chi connectivity index (χ3v) is 5.90. The molecule has 6 nitrogen and oxygen atoms in total. The zero-order chi connectivity index (χ0) is 24.0. The van der Waals surface area contributed by atoms with Gasteiger partial charge < -0.3 is 10.6 Å². The van der Waals surface area contributed by atoms with Gasteiger partial charge in [-0.3, -0.25) is 6.08 Å². The van der Waals surface area contributed by atoms with Crippen molar-refractivity contribution in [2.75, 3.05) is 26.2 Å². The van der Waals surface area contributed by atoms with Gasteiger partial charge in [0.25, 0.3) is 0 Å².